The van der Waals surface area contributed by atoms with Crippen molar-refractivity contribution >= 4 is 78.5 Å². The fourth-order valence-corrected chi connectivity index (χ4v) is 5.05. The van der Waals surface area contributed by atoms with Crippen LogP contribution in [0.2, 0.25) is 0 Å². The van der Waals surface area contributed by atoms with E-state index in [0.717, 1.165) is 29.7 Å². The fourth-order valence-electron chi connectivity index (χ4n) is 1.50. The van der Waals surface area contributed by atoms with Gasteiger partial charge in [-0.15, -0.1) is 0 Å². The molecule has 0 aliphatic heterocycles. The van der Waals surface area contributed by atoms with E-state index in [1.807, 2.05) is 25.3 Å². The fraction of sp³-hybridized carbons (Fsp3) is 0.250. The van der Waals surface area contributed by atoms with E-state index in [0.29, 0.717) is 5.75 Å². The minimum Gasteiger partial charge on any atom is -0.324 e. The number of rotatable bonds is 5. The molecule has 21 heavy (non-hydrogen) atoms. The summed E-state index contributed by atoms with van der Waals surface area (Å²) < 4.78 is 6.79. The molecule has 1 aromatic carbocycles. The van der Waals surface area contributed by atoms with Crippen LogP contribution >= 0.6 is 66.9 Å². The maximum Gasteiger partial charge on any atom is 0.234 e. The van der Waals surface area contributed by atoms with Gasteiger partial charge in [0.05, 0.1) is 11.4 Å². The largest absolute Gasteiger partial charge is 0.324 e. The van der Waals surface area contributed by atoms with Crippen LogP contribution in [0.15, 0.2) is 30.6 Å². The van der Waals surface area contributed by atoms with Crippen LogP contribution in [0.25, 0.3) is 0 Å². The maximum absolute atomic E-state index is 12.0. The third kappa shape index (κ3) is 4.95. The predicted molar refractivity (Wildman–Crippen MR) is 97.6 cm³/mol. The summed E-state index contributed by atoms with van der Waals surface area (Å²) in [5.41, 5.74) is 1.79. The van der Waals surface area contributed by atoms with Crippen LogP contribution in [0.3, 0.4) is 0 Å². The molecule has 0 saturated heterocycles. The highest BCUT2D eigenvalue weighted by Crippen LogP contribution is 2.30. The Morgan fingerprint density at radius 2 is 2.19 bits per heavy atom. The molecule has 0 unspecified atom stereocenters. The average Bonchev–Trinajstić information content (AvgIpc) is 2.88. The predicted octanol–water partition coefficient (Wildman–Crippen LogP) is 4.82. The summed E-state index contributed by atoms with van der Waals surface area (Å²) >= 11 is 11.1. The Bertz CT molecular complexity index is 640. The first-order valence-corrected chi connectivity index (χ1v) is 10.3. The molecule has 1 heterocycles. The molecule has 1 aromatic heterocycles. The minimum atomic E-state index is -0.0629. The smallest absolute Gasteiger partial charge is 0.234 e. The highest BCUT2D eigenvalue weighted by molar-refractivity contribution is 9.11. The summed E-state index contributed by atoms with van der Waals surface area (Å²) in [6.07, 6.45) is 1.93. The molecule has 1 amide bonds. The highest BCUT2D eigenvalue weighted by Gasteiger charge is 2.11. The summed E-state index contributed by atoms with van der Waals surface area (Å²) in [6.45, 7) is 1.95. The number of hydrogen-bond acceptors (Lipinski definition) is 6. The van der Waals surface area contributed by atoms with Gasteiger partial charge in [0.25, 0.3) is 0 Å². The van der Waals surface area contributed by atoms with Gasteiger partial charge in [-0.05, 0) is 58.3 Å². The monoisotopic (exact) mass is 467 g/mol. The molecular formula is C12H11Br2N3OS3. The van der Waals surface area contributed by atoms with Gasteiger partial charge in [0, 0.05) is 8.95 Å². The molecule has 0 saturated carbocycles. The van der Waals surface area contributed by atoms with Crippen molar-refractivity contribution in [1.29, 1.82) is 0 Å². The van der Waals surface area contributed by atoms with Gasteiger partial charge in [-0.25, -0.2) is 4.98 Å². The van der Waals surface area contributed by atoms with E-state index in [-0.39, 0.29) is 5.91 Å². The Morgan fingerprint density at radius 1 is 1.43 bits per heavy atom. The number of thioether (sulfide) groups is 2. The standard InChI is InChI=1S/C12H11Br2N3OS3/c1-6-3-7(13)4-8(14)10(6)15-9(18)5-20-12-16-11(19-2)17-21-12/h3-4H,5H2,1-2H3,(H,15,18). The van der Waals surface area contributed by atoms with E-state index in [4.69, 9.17) is 0 Å². The number of nitrogens with zero attached hydrogens (tertiary/aromatic N) is 2. The third-order valence-corrected chi connectivity index (χ3v) is 5.99. The first-order valence-electron chi connectivity index (χ1n) is 5.75. The van der Waals surface area contributed by atoms with E-state index < -0.39 is 0 Å². The van der Waals surface area contributed by atoms with Gasteiger partial charge in [-0.1, -0.05) is 39.5 Å². The van der Waals surface area contributed by atoms with Gasteiger partial charge in [0.2, 0.25) is 11.1 Å². The molecule has 9 heteroatoms. The van der Waals surface area contributed by atoms with Crippen molar-refractivity contribution in [3.8, 4) is 0 Å². The Hall–Kier alpha value is -0.0900. The lowest BCUT2D eigenvalue weighted by atomic mass is 10.2. The van der Waals surface area contributed by atoms with Crippen molar-refractivity contribution in [2.75, 3.05) is 17.3 Å². The quantitative estimate of drug-likeness (QED) is 0.637. The number of anilines is 1. The number of amides is 1. The molecule has 112 valence electrons. The number of hydrogen-bond donors (Lipinski definition) is 1. The first-order chi connectivity index (χ1) is 9.99. The van der Waals surface area contributed by atoms with E-state index >= 15 is 0 Å². The van der Waals surface area contributed by atoms with Gasteiger partial charge in [-0.3, -0.25) is 4.79 Å². The molecule has 0 spiro atoms. The van der Waals surface area contributed by atoms with Crippen LogP contribution < -0.4 is 5.32 Å². The Labute approximate surface area is 152 Å². The van der Waals surface area contributed by atoms with Crippen molar-refractivity contribution in [3.05, 3.63) is 26.6 Å². The van der Waals surface area contributed by atoms with Crippen LogP contribution in [-0.4, -0.2) is 27.3 Å². The third-order valence-electron chi connectivity index (χ3n) is 2.41. The van der Waals surface area contributed by atoms with Crippen molar-refractivity contribution < 1.29 is 4.79 Å². The van der Waals surface area contributed by atoms with E-state index in [9.17, 15) is 4.79 Å². The number of carbonyl (C=O) groups is 1. The average molecular weight is 469 g/mol. The molecule has 0 fully saturated rings. The summed E-state index contributed by atoms with van der Waals surface area (Å²) in [5.74, 6) is 0.248. The van der Waals surface area contributed by atoms with Crippen LogP contribution in [0, 0.1) is 6.92 Å². The Kier molecular flexibility index (Phi) is 6.54. The van der Waals surface area contributed by atoms with E-state index in [1.54, 1.807) is 0 Å². The van der Waals surface area contributed by atoms with Gasteiger partial charge in [0.1, 0.15) is 0 Å². The number of aryl methyl sites for hydroxylation is 1. The second-order valence-electron chi connectivity index (χ2n) is 3.96. The second-order valence-corrected chi connectivity index (χ2v) is 8.48. The lowest BCUT2D eigenvalue weighted by Gasteiger charge is -2.10. The van der Waals surface area contributed by atoms with Crippen molar-refractivity contribution in [2.45, 2.75) is 16.4 Å². The van der Waals surface area contributed by atoms with Crippen LogP contribution in [0.4, 0.5) is 5.69 Å². The van der Waals surface area contributed by atoms with Crippen LogP contribution in [0.5, 0.6) is 0 Å². The highest BCUT2D eigenvalue weighted by atomic mass is 79.9. The first kappa shape index (κ1) is 17.3. The molecule has 0 aliphatic carbocycles. The SMILES string of the molecule is CSc1nsc(SCC(=O)Nc2c(C)cc(Br)cc2Br)n1. The molecule has 1 N–H and O–H groups in total. The zero-order chi connectivity index (χ0) is 15.4. The molecule has 0 bridgehead atoms. The number of nitrogens with one attached hydrogen (secondary N) is 1. The van der Waals surface area contributed by atoms with Crippen molar-refractivity contribution in [1.82, 2.24) is 9.36 Å². The van der Waals surface area contributed by atoms with Gasteiger partial charge >= 0.3 is 0 Å². The van der Waals surface area contributed by atoms with Crippen molar-refractivity contribution in [2.24, 2.45) is 0 Å². The summed E-state index contributed by atoms with van der Waals surface area (Å²) in [7, 11) is 0. The number of halogens is 2. The summed E-state index contributed by atoms with van der Waals surface area (Å²) in [5, 5.41) is 3.67. The number of carbonyl (C=O) groups excluding carboxylic acids is 1. The van der Waals surface area contributed by atoms with Crippen LogP contribution in [0.1, 0.15) is 5.56 Å². The maximum atomic E-state index is 12.0. The van der Waals surface area contributed by atoms with Crippen LogP contribution in [-0.2, 0) is 4.79 Å². The zero-order valence-electron chi connectivity index (χ0n) is 11.1. The van der Waals surface area contributed by atoms with E-state index in [2.05, 4.69) is 46.5 Å². The molecular weight excluding hydrogens is 458 g/mol. The molecule has 2 rings (SSSR count). The number of aromatic nitrogens is 2. The lowest BCUT2D eigenvalue weighted by molar-refractivity contribution is -0.113. The summed E-state index contributed by atoms with van der Waals surface area (Å²) in [4.78, 5) is 16.3. The Morgan fingerprint density at radius 3 is 2.81 bits per heavy atom. The molecule has 2 aromatic rings. The second kappa shape index (κ2) is 7.96. The normalized spacial score (nSPS) is 10.7. The summed E-state index contributed by atoms with van der Waals surface area (Å²) in [6, 6.07) is 3.87. The molecule has 4 nitrogen and oxygen atoms in total. The van der Waals surface area contributed by atoms with E-state index in [1.165, 1.54) is 35.1 Å². The molecule has 0 aliphatic rings. The van der Waals surface area contributed by atoms with Crippen molar-refractivity contribution in [3.63, 3.8) is 0 Å². The minimum absolute atomic E-state index is 0.0629. The number of benzene rings is 1. The topological polar surface area (TPSA) is 54.9 Å². The van der Waals surface area contributed by atoms with Gasteiger partial charge < -0.3 is 5.32 Å². The Balaban J connectivity index is 1.96. The lowest BCUT2D eigenvalue weighted by Crippen LogP contribution is -2.15. The van der Waals surface area contributed by atoms with Gasteiger partial charge in [0.15, 0.2) is 4.34 Å². The molecule has 0 atom stereocenters. The zero-order valence-corrected chi connectivity index (χ0v) is 16.8. The molecule has 0 radical (unpaired) electrons. The van der Waals surface area contributed by atoms with Gasteiger partial charge in [-0.2, -0.15) is 4.37 Å².